The molecule has 0 spiro atoms. The zero-order valence-corrected chi connectivity index (χ0v) is 11.3. The van der Waals surface area contributed by atoms with Crippen LogP contribution in [0.2, 0.25) is 0 Å². The Morgan fingerprint density at radius 1 is 1.41 bits per heavy atom. The molecule has 0 aliphatic rings. The summed E-state index contributed by atoms with van der Waals surface area (Å²) in [6.45, 7) is 2.73. The van der Waals surface area contributed by atoms with Gasteiger partial charge in [0.05, 0.1) is 12.0 Å². The Bertz CT molecular complexity index is 356. The van der Waals surface area contributed by atoms with Crippen LogP contribution in [0.25, 0.3) is 0 Å². The largest absolute Gasteiger partial charge is 0.507 e. The molecule has 0 aliphatic carbocycles. The summed E-state index contributed by atoms with van der Waals surface area (Å²) in [6.07, 6.45) is 3.04. The predicted molar refractivity (Wildman–Crippen MR) is 73.0 cm³/mol. The summed E-state index contributed by atoms with van der Waals surface area (Å²) in [6, 6.07) is 3.74. The summed E-state index contributed by atoms with van der Waals surface area (Å²) in [5.74, 6) is 2.04. The molecule has 0 saturated heterocycles. The van der Waals surface area contributed by atoms with Crippen molar-refractivity contribution in [3.05, 3.63) is 17.7 Å². The van der Waals surface area contributed by atoms with Crippen LogP contribution in [-0.2, 0) is 6.42 Å². The second-order valence-corrected chi connectivity index (χ2v) is 4.99. The van der Waals surface area contributed by atoms with Gasteiger partial charge in [-0.05, 0) is 42.8 Å². The number of phenolic OH excluding ortho intramolecular Hbond substituents is 1. The van der Waals surface area contributed by atoms with E-state index in [4.69, 9.17) is 10.5 Å². The average molecular weight is 255 g/mol. The predicted octanol–water partition coefficient (Wildman–Crippen LogP) is 2.79. The number of aromatic hydroxyl groups is 1. The maximum absolute atomic E-state index is 9.99. The zero-order chi connectivity index (χ0) is 12.7. The Kier molecular flexibility index (Phi) is 6.22. The molecule has 4 heteroatoms. The number of hydrogen-bond acceptors (Lipinski definition) is 4. The first-order valence-electron chi connectivity index (χ1n) is 5.95. The molecule has 1 rings (SSSR count). The number of phenols is 1. The van der Waals surface area contributed by atoms with Crippen molar-refractivity contribution in [1.82, 2.24) is 0 Å². The normalized spacial score (nSPS) is 10.5. The van der Waals surface area contributed by atoms with E-state index in [1.165, 1.54) is 0 Å². The third-order valence-corrected chi connectivity index (χ3v) is 3.68. The van der Waals surface area contributed by atoms with Crippen molar-refractivity contribution < 1.29 is 9.84 Å². The van der Waals surface area contributed by atoms with E-state index in [-0.39, 0.29) is 0 Å². The second kappa shape index (κ2) is 7.45. The highest BCUT2D eigenvalue weighted by Crippen LogP contribution is 2.38. The molecule has 0 fully saturated rings. The van der Waals surface area contributed by atoms with E-state index in [1.807, 2.05) is 6.07 Å². The molecule has 0 radical (unpaired) electrons. The molecule has 1 aromatic carbocycles. The summed E-state index contributed by atoms with van der Waals surface area (Å²) in [5, 5.41) is 9.99. The van der Waals surface area contributed by atoms with Crippen LogP contribution in [0, 0.1) is 0 Å². The van der Waals surface area contributed by atoms with Crippen LogP contribution < -0.4 is 10.5 Å². The molecule has 0 saturated carbocycles. The van der Waals surface area contributed by atoms with Crippen LogP contribution in [0.1, 0.15) is 25.3 Å². The second-order valence-electron chi connectivity index (χ2n) is 3.89. The molecule has 0 unspecified atom stereocenters. The first-order valence-corrected chi connectivity index (χ1v) is 6.94. The fourth-order valence-electron chi connectivity index (χ4n) is 1.57. The molecule has 3 N–H and O–H groups in total. The number of unbranched alkanes of at least 4 members (excludes halogenated alkanes) is 1. The van der Waals surface area contributed by atoms with Gasteiger partial charge in [0.2, 0.25) is 0 Å². The molecule has 0 amide bonds. The van der Waals surface area contributed by atoms with Gasteiger partial charge < -0.3 is 15.6 Å². The summed E-state index contributed by atoms with van der Waals surface area (Å²) in [5.41, 5.74) is 6.53. The molecule has 96 valence electrons. The van der Waals surface area contributed by atoms with Gasteiger partial charge in [0.15, 0.2) is 0 Å². The van der Waals surface area contributed by atoms with E-state index in [0.29, 0.717) is 12.3 Å². The van der Waals surface area contributed by atoms with Crippen LogP contribution in [0.15, 0.2) is 17.0 Å². The van der Waals surface area contributed by atoms with Crippen LogP contribution in [0.5, 0.6) is 11.5 Å². The zero-order valence-electron chi connectivity index (χ0n) is 10.5. The number of rotatable bonds is 7. The number of thioether (sulfide) groups is 1. The van der Waals surface area contributed by atoms with Crippen molar-refractivity contribution in [3.8, 4) is 11.5 Å². The monoisotopic (exact) mass is 255 g/mol. The molecule has 0 aromatic heterocycles. The lowest BCUT2D eigenvalue weighted by Gasteiger charge is -2.12. The maximum atomic E-state index is 9.99. The smallest absolute Gasteiger partial charge is 0.136 e. The molecular weight excluding hydrogens is 234 g/mol. The van der Waals surface area contributed by atoms with Gasteiger partial charge in [-0.2, -0.15) is 0 Å². The van der Waals surface area contributed by atoms with E-state index < -0.39 is 0 Å². The van der Waals surface area contributed by atoms with Crippen molar-refractivity contribution >= 4 is 11.8 Å². The summed E-state index contributed by atoms with van der Waals surface area (Å²) < 4.78 is 5.32. The van der Waals surface area contributed by atoms with Crippen molar-refractivity contribution in [2.75, 3.05) is 19.4 Å². The Balaban J connectivity index is 2.87. The third-order valence-electron chi connectivity index (χ3n) is 2.49. The molecule has 0 heterocycles. The first kappa shape index (κ1) is 14.2. The van der Waals surface area contributed by atoms with Gasteiger partial charge in [-0.3, -0.25) is 0 Å². The minimum atomic E-state index is 0.300. The summed E-state index contributed by atoms with van der Waals surface area (Å²) >= 11 is 1.64. The van der Waals surface area contributed by atoms with Gasteiger partial charge in [-0.25, -0.2) is 0 Å². The lowest BCUT2D eigenvalue weighted by Crippen LogP contribution is -2.03. The average Bonchev–Trinajstić information content (AvgIpc) is 2.32. The van der Waals surface area contributed by atoms with Gasteiger partial charge in [0, 0.05) is 0 Å². The standard InChI is InChI=1S/C13H21NO2S/c1-3-4-7-17-13-11(15)8-10(5-6-14)9-12(13)16-2/h8-9,15H,3-7,14H2,1-2H3. The number of ether oxygens (including phenoxy) is 1. The Labute approximate surface area is 107 Å². The molecule has 1 aromatic rings. The third kappa shape index (κ3) is 4.13. The van der Waals surface area contributed by atoms with E-state index in [2.05, 4.69) is 6.92 Å². The lowest BCUT2D eigenvalue weighted by molar-refractivity contribution is 0.390. The molecule has 3 nitrogen and oxygen atoms in total. The van der Waals surface area contributed by atoms with Crippen molar-refractivity contribution in [1.29, 1.82) is 0 Å². The fourth-order valence-corrected chi connectivity index (χ4v) is 2.70. The topological polar surface area (TPSA) is 55.5 Å². The number of hydrogen-bond donors (Lipinski definition) is 2. The van der Waals surface area contributed by atoms with E-state index in [1.54, 1.807) is 24.9 Å². The minimum absolute atomic E-state index is 0.300. The highest BCUT2D eigenvalue weighted by molar-refractivity contribution is 7.99. The SMILES string of the molecule is CCCCSc1c(O)cc(CCN)cc1OC. The molecule has 17 heavy (non-hydrogen) atoms. The van der Waals surface area contributed by atoms with Gasteiger partial charge >= 0.3 is 0 Å². The first-order chi connectivity index (χ1) is 8.22. The van der Waals surface area contributed by atoms with Gasteiger partial charge in [0.25, 0.3) is 0 Å². The Hall–Kier alpha value is -0.870. The lowest BCUT2D eigenvalue weighted by atomic mass is 10.1. The highest BCUT2D eigenvalue weighted by atomic mass is 32.2. The Morgan fingerprint density at radius 2 is 2.18 bits per heavy atom. The quantitative estimate of drug-likeness (QED) is 0.581. The summed E-state index contributed by atoms with van der Waals surface area (Å²) in [7, 11) is 1.63. The Morgan fingerprint density at radius 3 is 2.76 bits per heavy atom. The molecular formula is C13H21NO2S. The van der Waals surface area contributed by atoms with E-state index >= 15 is 0 Å². The molecule has 0 atom stereocenters. The molecule has 0 aliphatic heterocycles. The van der Waals surface area contributed by atoms with Crippen LogP contribution in [0.4, 0.5) is 0 Å². The number of methoxy groups -OCH3 is 1. The van der Waals surface area contributed by atoms with Gasteiger partial charge in [0.1, 0.15) is 11.5 Å². The minimum Gasteiger partial charge on any atom is -0.507 e. The fraction of sp³-hybridized carbons (Fsp3) is 0.538. The van der Waals surface area contributed by atoms with Crippen LogP contribution in [-0.4, -0.2) is 24.5 Å². The maximum Gasteiger partial charge on any atom is 0.136 e. The van der Waals surface area contributed by atoms with E-state index in [0.717, 1.165) is 41.2 Å². The van der Waals surface area contributed by atoms with Gasteiger partial charge in [-0.1, -0.05) is 13.3 Å². The number of benzene rings is 1. The van der Waals surface area contributed by atoms with Crippen molar-refractivity contribution in [2.45, 2.75) is 31.1 Å². The van der Waals surface area contributed by atoms with Crippen LogP contribution >= 0.6 is 11.8 Å². The van der Waals surface area contributed by atoms with Crippen molar-refractivity contribution in [3.63, 3.8) is 0 Å². The summed E-state index contributed by atoms with van der Waals surface area (Å²) in [4.78, 5) is 0.835. The van der Waals surface area contributed by atoms with E-state index in [9.17, 15) is 5.11 Å². The van der Waals surface area contributed by atoms with Crippen molar-refractivity contribution in [2.24, 2.45) is 5.73 Å². The van der Waals surface area contributed by atoms with Crippen LogP contribution in [0.3, 0.4) is 0 Å². The van der Waals surface area contributed by atoms with Gasteiger partial charge in [-0.15, -0.1) is 11.8 Å². The highest BCUT2D eigenvalue weighted by Gasteiger charge is 2.11. The molecule has 0 bridgehead atoms. The number of nitrogens with two attached hydrogens (primary N) is 1.